The first-order chi connectivity index (χ1) is 12.4. The molecule has 0 aliphatic heterocycles. The van der Waals surface area contributed by atoms with Crippen molar-refractivity contribution in [3.8, 4) is 11.5 Å². The lowest BCUT2D eigenvalue weighted by Crippen LogP contribution is -2.54. The molecule has 4 nitrogen and oxygen atoms in total. The van der Waals surface area contributed by atoms with Crippen molar-refractivity contribution >= 4 is 11.4 Å². The van der Waals surface area contributed by atoms with Gasteiger partial charge in [-0.25, -0.2) is 0 Å². The number of phenolic OH excluding ortho intramolecular Hbond substituents is 2. The number of anilines is 2. The zero-order chi connectivity index (χ0) is 20.6. The molecule has 0 radical (unpaired) electrons. The minimum absolute atomic E-state index is 0.294. The molecule has 0 atom stereocenters. The van der Waals surface area contributed by atoms with Crippen LogP contribution in [-0.4, -0.2) is 36.7 Å². The Bertz CT molecular complexity index is 764. The van der Waals surface area contributed by atoms with E-state index in [9.17, 15) is 36.6 Å². The van der Waals surface area contributed by atoms with Gasteiger partial charge in [0.25, 0.3) is 0 Å². The van der Waals surface area contributed by atoms with Gasteiger partial charge >= 0.3 is 12.4 Å². The van der Waals surface area contributed by atoms with Crippen molar-refractivity contribution in [3.05, 3.63) is 47.5 Å². The Morgan fingerprint density at radius 2 is 1.00 bits per heavy atom. The molecule has 0 aromatic heterocycles. The Morgan fingerprint density at radius 3 is 1.26 bits per heavy atom. The summed E-state index contributed by atoms with van der Waals surface area (Å²) in [6.45, 7) is 0. The Hall–Kier alpha value is -2.78. The Morgan fingerprint density at radius 1 is 0.667 bits per heavy atom. The number of nitrogens with one attached hydrogen (secondary N) is 2. The maximum absolute atomic E-state index is 14.0. The number of phenols is 2. The molecular formula is C17H16F6N2O2. The molecule has 148 valence electrons. The zero-order valence-corrected chi connectivity index (χ0v) is 14.1. The molecule has 10 heteroatoms. The van der Waals surface area contributed by atoms with Gasteiger partial charge in [-0.1, -0.05) is 12.1 Å². The third kappa shape index (κ3) is 3.19. The number of alkyl halides is 6. The summed E-state index contributed by atoms with van der Waals surface area (Å²) in [4.78, 5) is 0. The molecular weight excluding hydrogens is 378 g/mol. The smallest absolute Gasteiger partial charge is 0.411 e. The first-order valence-electron chi connectivity index (χ1n) is 7.56. The van der Waals surface area contributed by atoms with E-state index < -0.39 is 40.4 Å². The van der Waals surface area contributed by atoms with Crippen molar-refractivity contribution in [1.29, 1.82) is 0 Å². The second-order valence-electron chi connectivity index (χ2n) is 5.71. The van der Waals surface area contributed by atoms with Crippen molar-refractivity contribution in [1.82, 2.24) is 0 Å². The van der Waals surface area contributed by atoms with Crippen molar-refractivity contribution in [3.63, 3.8) is 0 Å². The number of hydrogen-bond donors (Lipinski definition) is 4. The van der Waals surface area contributed by atoms with Gasteiger partial charge in [0.2, 0.25) is 5.41 Å². The molecule has 0 fully saturated rings. The van der Waals surface area contributed by atoms with Crippen LogP contribution in [0.2, 0.25) is 0 Å². The average Bonchev–Trinajstić information content (AvgIpc) is 2.55. The lowest BCUT2D eigenvalue weighted by molar-refractivity contribution is -0.288. The molecule has 0 spiro atoms. The summed E-state index contributed by atoms with van der Waals surface area (Å²) in [5, 5.41) is 24.0. The van der Waals surface area contributed by atoms with Crippen molar-refractivity contribution in [2.24, 2.45) is 0 Å². The van der Waals surface area contributed by atoms with E-state index in [-0.39, 0.29) is 11.4 Å². The number of halogens is 6. The fourth-order valence-electron chi connectivity index (χ4n) is 2.92. The molecule has 0 aliphatic carbocycles. The fraction of sp³-hybridized carbons (Fsp3) is 0.294. The van der Waals surface area contributed by atoms with E-state index in [2.05, 4.69) is 10.6 Å². The van der Waals surface area contributed by atoms with Crippen LogP contribution in [0, 0.1) is 0 Å². The normalized spacial score (nSPS) is 12.7. The molecule has 4 N–H and O–H groups in total. The Balaban J connectivity index is 2.96. The molecule has 2 rings (SSSR count). The first-order valence-corrected chi connectivity index (χ1v) is 7.56. The molecule has 0 amide bonds. The summed E-state index contributed by atoms with van der Waals surface area (Å²) >= 11 is 0. The number of hydrogen-bond acceptors (Lipinski definition) is 4. The second kappa shape index (κ2) is 6.75. The van der Waals surface area contributed by atoms with Gasteiger partial charge in [0.05, 0.1) is 11.4 Å². The largest absolute Gasteiger partial charge is 0.506 e. The summed E-state index contributed by atoms with van der Waals surface area (Å²) in [7, 11) is 2.50. The predicted molar refractivity (Wildman–Crippen MR) is 88.2 cm³/mol. The second-order valence-corrected chi connectivity index (χ2v) is 5.71. The highest BCUT2D eigenvalue weighted by Gasteiger charge is 2.72. The average molecular weight is 394 g/mol. The van der Waals surface area contributed by atoms with Crippen LogP contribution in [0.25, 0.3) is 0 Å². The van der Waals surface area contributed by atoms with E-state index in [1.165, 1.54) is 14.1 Å². The lowest BCUT2D eigenvalue weighted by atomic mass is 9.72. The Labute approximate surface area is 150 Å². The van der Waals surface area contributed by atoms with E-state index >= 15 is 0 Å². The van der Waals surface area contributed by atoms with Crippen LogP contribution in [0.3, 0.4) is 0 Å². The molecule has 0 unspecified atom stereocenters. The van der Waals surface area contributed by atoms with Crippen molar-refractivity contribution in [2.45, 2.75) is 17.8 Å². The van der Waals surface area contributed by atoms with Crippen molar-refractivity contribution in [2.75, 3.05) is 24.7 Å². The maximum Gasteiger partial charge on any atom is 0.411 e. The van der Waals surface area contributed by atoms with Crippen LogP contribution >= 0.6 is 0 Å². The van der Waals surface area contributed by atoms with Gasteiger partial charge in [-0.05, 0) is 35.4 Å². The van der Waals surface area contributed by atoms with Crippen molar-refractivity contribution < 1.29 is 36.6 Å². The van der Waals surface area contributed by atoms with Crippen LogP contribution in [0.4, 0.5) is 37.7 Å². The molecule has 2 aromatic carbocycles. The number of benzene rings is 2. The van der Waals surface area contributed by atoms with Gasteiger partial charge in [0.1, 0.15) is 11.5 Å². The highest BCUT2D eigenvalue weighted by molar-refractivity contribution is 5.63. The fourth-order valence-corrected chi connectivity index (χ4v) is 2.92. The maximum atomic E-state index is 14.0. The van der Waals surface area contributed by atoms with E-state index in [1.807, 2.05) is 0 Å². The predicted octanol–water partition coefficient (Wildman–Crippen LogP) is 4.59. The van der Waals surface area contributed by atoms with Crippen LogP contribution in [0.15, 0.2) is 36.4 Å². The summed E-state index contributed by atoms with van der Waals surface area (Å²) in [6.07, 6.45) is -11.5. The Kier molecular flexibility index (Phi) is 5.13. The minimum atomic E-state index is -5.77. The van der Waals surface area contributed by atoms with Gasteiger partial charge in [-0.2, -0.15) is 26.3 Å². The summed E-state index contributed by atoms with van der Waals surface area (Å²) in [5.74, 6) is -0.998. The van der Waals surface area contributed by atoms with E-state index in [1.54, 1.807) is 0 Å². The van der Waals surface area contributed by atoms with Gasteiger partial charge in [0.15, 0.2) is 0 Å². The number of rotatable bonds is 4. The van der Waals surface area contributed by atoms with Gasteiger partial charge < -0.3 is 20.8 Å². The lowest BCUT2D eigenvalue weighted by Gasteiger charge is -2.38. The highest BCUT2D eigenvalue weighted by Crippen LogP contribution is 2.57. The van der Waals surface area contributed by atoms with Gasteiger partial charge in [0, 0.05) is 14.1 Å². The molecule has 0 saturated heterocycles. The summed E-state index contributed by atoms with van der Waals surface area (Å²) in [6, 6.07) is 3.86. The molecule has 0 saturated carbocycles. The van der Waals surface area contributed by atoms with Crippen LogP contribution in [0.1, 0.15) is 11.1 Å². The summed E-state index contributed by atoms with van der Waals surface area (Å²) < 4.78 is 84.2. The molecule has 0 heterocycles. The standard InChI is InChI=1S/C17H16F6N2O2/c1-24-11-7-9(3-5-13(11)26)15(16(18,19)20,17(21,22)23)10-4-6-14(27)12(8-10)25-2/h3-8,24-27H,1-2H3. The molecule has 0 aliphatic rings. The van der Waals surface area contributed by atoms with E-state index in [0.29, 0.717) is 24.3 Å². The van der Waals surface area contributed by atoms with Crippen LogP contribution in [-0.2, 0) is 5.41 Å². The van der Waals surface area contributed by atoms with E-state index in [0.717, 1.165) is 12.1 Å². The quantitative estimate of drug-likeness (QED) is 0.452. The van der Waals surface area contributed by atoms with Gasteiger partial charge in [-0.15, -0.1) is 0 Å². The minimum Gasteiger partial charge on any atom is -0.506 e. The third-order valence-electron chi connectivity index (χ3n) is 4.25. The summed E-state index contributed by atoms with van der Waals surface area (Å²) in [5.41, 5.74) is -7.22. The highest BCUT2D eigenvalue weighted by atomic mass is 19.4. The topological polar surface area (TPSA) is 64.5 Å². The number of aromatic hydroxyl groups is 2. The third-order valence-corrected chi connectivity index (χ3v) is 4.25. The zero-order valence-electron chi connectivity index (χ0n) is 14.1. The molecule has 0 bridgehead atoms. The first kappa shape index (κ1) is 20.5. The van der Waals surface area contributed by atoms with Crippen LogP contribution < -0.4 is 10.6 Å². The monoisotopic (exact) mass is 394 g/mol. The van der Waals surface area contributed by atoms with E-state index in [4.69, 9.17) is 0 Å². The SMILES string of the molecule is CNc1cc(C(c2ccc(O)c(NC)c2)(C(F)(F)F)C(F)(F)F)ccc1O. The molecule has 2 aromatic rings. The van der Waals surface area contributed by atoms with Gasteiger partial charge in [-0.3, -0.25) is 0 Å². The van der Waals surface area contributed by atoms with Crippen LogP contribution in [0.5, 0.6) is 11.5 Å². The molecule has 27 heavy (non-hydrogen) atoms.